The molecule has 4 heteroatoms. The van der Waals surface area contributed by atoms with Crippen molar-refractivity contribution in [3.05, 3.63) is 30.6 Å². The molecular formula is C13H14ClN3. The highest BCUT2D eigenvalue weighted by atomic mass is 35.5. The molecule has 1 aliphatic carbocycles. The molecule has 1 fully saturated rings. The number of para-hydroxylation sites is 1. The molecule has 3 rings (SSSR count). The third-order valence-corrected chi connectivity index (χ3v) is 4.00. The molecule has 0 bridgehead atoms. The Morgan fingerprint density at radius 1 is 1.24 bits per heavy atom. The SMILES string of the molecule is ClCC1(Nc2ncnc3ccccc23)CCC1. The number of nitrogens with zero attached hydrogens (tertiary/aromatic N) is 2. The predicted molar refractivity (Wildman–Crippen MR) is 70.5 cm³/mol. The van der Waals surface area contributed by atoms with E-state index in [1.165, 1.54) is 6.42 Å². The van der Waals surface area contributed by atoms with E-state index in [1.807, 2.05) is 24.3 Å². The molecule has 1 heterocycles. The number of anilines is 1. The van der Waals surface area contributed by atoms with Crippen molar-refractivity contribution < 1.29 is 0 Å². The van der Waals surface area contributed by atoms with Crippen LogP contribution in [0.15, 0.2) is 30.6 Å². The zero-order valence-corrected chi connectivity index (χ0v) is 10.2. The van der Waals surface area contributed by atoms with Crippen molar-refractivity contribution in [2.24, 2.45) is 0 Å². The standard InChI is InChI=1S/C13H14ClN3/c14-8-13(6-3-7-13)17-12-10-4-1-2-5-11(10)15-9-16-12/h1-2,4-5,9H,3,6-8H2,(H,15,16,17). The lowest BCUT2D eigenvalue weighted by atomic mass is 9.78. The molecule has 0 radical (unpaired) electrons. The minimum atomic E-state index is 0.0404. The Balaban J connectivity index is 2.00. The van der Waals surface area contributed by atoms with Crippen LogP contribution in [0.1, 0.15) is 19.3 Å². The number of rotatable bonds is 3. The van der Waals surface area contributed by atoms with Crippen LogP contribution in [-0.4, -0.2) is 21.4 Å². The molecule has 1 aromatic carbocycles. The Morgan fingerprint density at radius 2 is 2.06 bits per heavy atom. The number of hydrogen-bond acceptors (Lipinski definition) is 3. The first-order valence-electron chi connectivity index (χ1n) is 5.87. The molecule has 17 heavy (non-hydrogen) atoms. The Kier molecular flexibility index (Phi) is 2.63. The lowest BCUT2D eigenvalue weighted by Crippen LogP contribution is -2.47. The minimum absolute atomic E-state index is 0.0404. The number of halogens is 1. The molecule has 2 aromatic rings. The van der Waals surface area contributed by atoms with Gasteiger partial charge in [0.05, 0.1) is 11.1 Å². The summed E-state index contributed by atoms with van der Waals surface area (Å²) in [6, 6.07) is 8.03. The topological polar surface area (TPSA) is 37.8 Å². The normalized spacial score (nSPS) is 17.7. The van der Waals surface area contributed by atoms with E-state index >= 15 is 0 Å². The number of benzene rings is 1. The van der Waals surface area contributed by atoms with E-state index in [0.29, 0.717) is 5.88 Å². The van der Waals surface area contributed by atoms with Gasteiger partial charge in [-0.05, 0) is 31.4 Å². The van der Waals surface area contributed by atoms with Gasteiger partial charge in [-0.2, -0.15) is 0 Å². The number of fused-ring (bicyclic) bond motifs is 1. The van der Waals surface area contributed by atoms with Gasteiger partial charge in [0.2, 0.25) is 0 Å². The first-order chi connectivity index (χ1) is 8.33. The van der Waals surface area contributed by atoms with Crippen molar-refractivity contribution in [2.75, 3.05) is 11.2 Å². The van der Waals surface area contributed by atoms with Crippen molar-refractivity contribution in [3.8, 4) is 0 Å². The first-order valence-corrected chi connectivity index (χ1v) is 6.40. The quantitative estimate of drug-likeness (QED) is 0.847. The van der Waals surface area contributed by atoms with Crippen LogP contribution in [0.2, 0.25) is 0 Å². The van der Waals surface area contributed by atoms with Crippen LogP contribution in [0.4, 0.5) is 5.82 Å². The summed E-state index contributed by atoms with van der Waals surface area (Å²) in [5.41, 5.74) is 1.01. The Labute approximate surface area is 105 Å². The summed E-state index contributed by atoms with van der Waals surface area (Å²) in [6.07, 6.45) is 5.08. The van der Waals surface area contributed by atoms with E-state index in [1.54, 1.807) is 6.33 Å². The molecule has 1 saturated carbocycles. The minimum Gasteiger partial charge on any atom is -0.363 e. The molecule has 0 saturated heterocycles. The third kappa shape index (κ3) is 1.84. The van der Waals surface area contributed by atoms with Crippen LogP contribution in [0, 0.1) is 0 Å². The fraction of sp³-hybridized carbons (Fsp3) is 0.385. The van der Waals surface area contributed by atoms with E-state index < -0.39 is 0 Å². The highest BCUT2D eigenvalue weighted by Gasteiger charge is 2.36. The fourth-order valence-electron chi connectivity index (χ4n) is 2.25. The van der Waals surface area contributed by atoms with Crippen LogP contribution in [-0.2, 0) is 0 Å². The summed E-state index contributed by atoms with van der Waals surface area (Å²) < 4.78 is 0. The third-order valence-electron chi connectivity index (χ3n) is 3.49. The van der Waals surface area contributed by atoms with E-state index in [0.717, 1.165) is 29.6 Å². The summed E-state index contributed by atoms with van der Waals surface area (Å²) >= 11 is 6.06. The average molecular weight is 248 g/mol. The number of alkyl halides is 1. The van der Waals surface area contributed by atoms with Crippen LogP contribution in [0.3, 0.4) is 0 Å². The lowest BCUT2D eigenvalue weighted by Gasteiger charge is -2.41. The van der Waals surface area contributed by atoms with Gasteiger partial charge in [0.25, 0.3) is 0 Å². The first kappa shape index (κ1) is 10.8. The van der Waals surface area contributed by atoms with Crippen LogP contribution in [0.5, 0.6) is 0 Å². The highest BCUT2D eigenvalue weighted by Crippen LogP contribution is 2.37. The Hall–Kier alpha value is -1.35. The maximum Gasteiger partial charge on any atom is 0.137 e. The van der Waals surface area contributed by atoms with Crippen molar-refractivity contribution in [3.63, 3.8) is 0 Å². The number of aromatic nitrogens is 2. The second-order valence-corrected chi connectivity index (χ2v) is 4.90. The average Bonchev–Trinajstić information content (AvgIpc) is 2.34. The molecule has 0 unspecified atom stereocenters. The molecule has 0 aliphatic heterocycles. The summed E-state index contributed by atoms with van der Waals surface area (Å²) in [6.45, 7) is 0. The largest absolute Gasteiger partial charge is 0.363 e. The monoisotopic (exact) mass is 247 g/mol. The van der Waals surface area contributed by atoms with Gasteiger partial charge in [0.15, 0.2) is 0 Å². The zero-order valence-electron chi connectivity index (χ0n) is 9.49. The van der Waals surface area contributed by atoms with Crippen LogP contribution < -0.4 is 5.32 Å². The molecule has 1 aromatic heterocycles. The van der Waals surface area contributed by atoms with Gasteiger partial charge >= 0.3 is 0 Å². The summed E-state index contributed by atoms with van der Waals surface area (Å²) in [4.78, 5) is 8.60. The predicted octanol–water partition coefficient (Wildman–Crippen LogP) is 3.20. The van der Waals surface area contributed by atoms with Gasteiger partial charge in [-0.15, -0.1) is 11.6 Å². The second kappa shape index (κ2) is 4.15. The molecule has 0 atom stereocenters. The summed E-state index contributed by atoms with van der Waals surface area (Å²) in [5, 5.41) is 4.56. The molecular weight excluding hydrogens is 234 g/mol. The molecule has 1 N–H and O–H groups in total. The fourth-order valence-corrected chi connectivity index (χ4v) is 2.59. The Bertz CT molecular complexity index is 526. The van der Waals surface area contributed by atoms with Crippen molar-refractivity contribution in [2.45, 2.75) is 24.8 Å². The van der Waals surface area contributed by atoms with E-state index in [4.69, 9.17) is 11.6 Å². The Morgan fingerprint density at radius 3 is 2.76 bits per heavy atom. The highest BCUT2D eigenvalue weighted by molar-refractivity contribution is 6.19. The van der Waals surface area contributed by atoms with Crippen LogP contribution >= 0.6 is 11.6 Å². The maximum absolute atomic E-state index is 6.06. The molecule has 88 valence electrons. The van der Waals surface area contributed by atoms with Crippen LogP contribution in [0.25, 0.3) is 10.9 Å². The van der Waals surface area contributed by atoms with Crippen molar-refractivity contribution >= 4 is 28.3 Å². The van der Waals surface area contributed by atoms with Gasteiger partial charge in [-0.25, -0.2) is 9.97 Å². The van der Waals surface area contributed by atoms with Crippen molar-refractivity contribution in [1.82, 2.24) is 9.97 Å². The molecule has 0 amide bonds. The molecule has 3 nitrogen and oxygen atoms in total. The zero-order chi connectivity index (χ0) is 11.7. The smallest absolute Gasteiger partial charge is 0.137 e. The molecule has 0 spiro atoms. The van der Waals surface area contributed by atoms with E-state index in [-0.39, 0.29) is 5.54 Å². The van der Waals surface area contributed by atoms with Gasteiger partial charge in [0.1, 0.15) is 12.1 Å². The van der Waals surface area contributed by atoms with E-state index in [2.05, 4.69) is 15.3 Å². The molecule has 1 aliphatic rings. The van der Waals surface area contributed by atoms with Gasteiger partial charge in [-0.1, -0.05) is 12.1 Å². The van der Waals surface area contributed by atoms with Crippen molar-refractivity contribution in [1.29, 1.82) is 0 Å². The van der Waals surface area contributed by atoms with Gasteiger partial charge in [-0.3, -0.25) is 0 Å². The number of nitrogens with one attached hydrogen (secondary N) is 1. The summed E-state index contributed by atoms with van der Waals surface area (Å²) in [7, 11) is 0. The summed E-state index contributed by atoms with van der Waals surface area (Å²) in [5.74, 6) is 1.53. The van der Waals surface area contributed by atoms with E-state index in [9.17, 15) is 0 Å². The van der Waals surface area contributed by atoms with Gasteiger partial charge < -0.3 is 5.32 Å². The second-order valence-electron chi connectivity index (χ2n) is 4.63. The lowest BCUT2D eigenvalue weighted by molar-refractivity contribution is 0.310. The number of hydrogen-bond donors (Lipinski definition) is 1. The maximum atomic E-state index is 6.06. The van der Waals surface area contributed by atoms with Gasteiger partial charge in [0, 0.05) is 11.3 Å².